The minimum atomic E-state index is -1.16. The number of amides is 1. The Labute approximate surface area is 80.6 Å². The van der Waals surface area contributed by atoms with Crippen LogP contribution in [0, 0.1) is 0 Å². The third-order valence-corrected chi connectivity index (χ3v) is 2.26. The van der Waals surface area contributed by atoms with Gasteiger partial charge in [0.2, 0.25) is 0 Å². The molecular formula is C10H8NO3-. The summed E-state index contributed by atoms with van der Waals surface area (Å²) in [6, 6.07) is 6.52. The zero-order chi connectivity index (χ0) is 10.1. The van der Waals surface area contributed by atoms with Gasteiger partial charge in [-0.05, 0) is 11.6 Å². The molecule has 1 aromatic carbocycles. The van der Waals surface area contributed by atoms with Gasteiger partial charge in [-0.3, -0.25) is 4.79 Å². The Hall–Kier alpha value is -1.84. The highest BCUT2D eigenvalue weighted by molar-refractivity contribution is 5.99. The topological polar surface area (TPSA) is 69.2 Å². The SMILES string of the molecule is O=C([O-])C[C@H]1NC(=O)c2ccccc21. The van der Waals surface area contributed by atoms with Gasteiger partial charge in [-0.25, -0.2) is 0 Å². The van der Waals surface area contributed by atoms with E-state index in [-0.39, 0.29) is 12.3 Å². The Bertz CT molecular complexity index is 398. The Morgan fingerprint density at radius 1 is 1.43 bits per heavy atom. The Morgan fingerprint density at radius 3 is 2.86 bits per heavy atom. The van der Waals surface area contributed by atoms with Gasteiger partial charge >= 0.3 is 0 Å². The summed E-state index contributed by atoms with van der Waals surface area (Å²) in [4.78, 5) is 21.7. The molecule has 4 nitrogen and oxygen atoms in total. The molecule has 0 fully saturated rings. The fraction of sp³-hybridized carbons (Fsp3) is 0.200. The molecule has 1 heterocycles. The van der Waals surface area contributed by atoms with Crippen LogP contribution in [0.3, 0.4) is 0 Å². The summed E-state index contributed by atoms with van der Waals surface area (Å²) < 4.78 is 0. The molecule has 0 unspecified atom stereocenters. The summed E-state index contributed by atoms with van der Waals surface area (Å²) in [5, 5.41) is 13.0. The first kappa shape index (κ1) is 8.74. The normalized spacial score (nSPS) is 18.9. The average molecular weight is 190 g/mol. The zero-order valence-electron chi connectivity index (χ0n) is 7.32. The van der Waals surface area contributed by atoms with Crippen molar-refractivity contribution in [1.82, 2.24) is 5.32 Å². The van der Waals surface area contributed by atoms with Crippen LogP contribution in [0.1, 0.15) is 28.4 Å². The van der Waals surface area contributed by atoms with Crippen molar-refractivity contribution in [1.29, 1.82) is 0 Å². The monoisotopic (exact) mass is 190 g/mol. The average Bonchev–Trinajstić information content (AvgIpc) is 2.44. The minimum Gasteiger partial charge on any atom is -0.550 e. The second-order valence-electron chi connectivity index (χ2n) is 3.19. The lowest BCUT2D eigenvalue weighted by molar-refractivity contribution is -0.306. The summed E-state index contributed by atoms with van der Waals surface area (Å²) in [7, 11) is 0. The smallest absolute Gasteiger partial charge is 0.252 e. The number of carboxylic acid groups (broad SMARTS) is 1. The fourth-order valence-corrected chi connectivity index (χ4v) is 1.65. The summed E-state index contributed by atoms with van der Waals surface area (Å²) >= 11 is 0. The van der Waals surface area contributed by atoms with Crippen molar-refractivity contribution >= 4 is 11.9 Å². The van der Waals surface area contributed by atoms with Crippen molar-refractivity contribution in [3.63, 3.8) is 0 Å². The maximum Gasteiger partial charge on any atom is 0.252 e. The molecule has 4 heteroatoms. The molecule has 14 heavy (non-hydrogen) atoms. The third-order valence-electron chi connectivity index (χ3n) is 2.26. The standard InChI is InChI=1S/C10H9NO3/c12-9(13)5-8-6-3-1-2-4-7(6)10(14)11-8/h1-4,8H,5H2,(H,11,14)(H,12,13)/p-1/t8-/m1/s1. The maximum atomic E-state index is 11.3. The molecule has 0 saturated carbocycles. The van der Waals surface area contributed by atoms with Gasteiger partial charge < -0.3 is 15.2 Å². The number of carbonyl (C=O) groups excluding carboxylic acids is 2. The van der Waals surface area contributed by atoms with Gasteiger partial charge in [0.1, 0.15) is 0 Å². The molecule has 1 N–H and O–H groups in total. The van der Waals surface area contributed by atoms with Gasteiger partial charge in [0.15, 0.2) is 0 Å². The van der Waals surface area contributed by atoms with E-state index in [1.54, 1.807) is 24.3 Å². The first-order valence-corrected chi connectivity index (χ1v) is 4.28. The number of fused-ring (bicyclic) bond motifs is 1. The Kier molecular flexibility index (Phi) is 1.96. The molecule has 1 amide bonds. The highest BCUT2D eigenvalue weighted by Gasteiger charge is 2.27. The van der Waals surface area contributed by atoms with Crippen molar-refractivity contribution < 1.29 is 14.7 Å². The van der Waals surface area contributed by atoms with Crippen LogP contribution in [-0.4, -0.2) is 11.9 Å². The van der Waals surface area contributed by atoms with Crippen LogP contribution in [0.25, 0.3) is 0 Å². The summed E-state index contributed by atoms with van der Waals surface area (Å²) in [5.41, 5.74) is 1.29. The van der Waals surface area contributed by atoms with E-state index < -0.39 is 12.0 Å². The summed E-state index contributed by atoms with van der Waals surface area (Å²) in [6.45, 7) is 0. The number of nitrogens with one attached hydrogen (secondary N) is 1. The van der Waals surface area contributed by atoms with E-state index in [9.17, 15) is 14.7 Å². The molecule has 2 rings (SSSR count). The Morgan fingerprint density at radius 2 is 2.14 bits per heavy atom. The molecule has 0 bridgehead atoms. The van der Waals surface area contributed by atoms with Crippen LogP contribution in [0.15, 0.2) is 24.3 Å². The number of aliphatic carboxylic acids is 1. The van der Waals surface area contributed by atoms with Crippen LogP contribution < -0.4 is 10.4 Å². The van der Waals surface area contributed by atoms with Crippen LogP contribution in [0.2, 0.25) is 0 Å². The van der Waals surface area contributed by atoms with Gasteiger partial charge in [0.05, 0.1) is 6.04 Å². The van der Waals surface area contributed by atoms with Crippen molar-refractivity contribution in [3.8, 4) is 0 Å². The molecule has 0 saturated heterocycles. The minimum absolute atomic E-state index is 0.178. The van der Waals surface area contributed by atoms with Crippen LogP contribution in [-0.2, 0) is 4.79 Å². The lowest BCUT2D eigenvalue weighted by Gasteiger charge is -2.11. The van der Waals surface area contributed by atoms with Gasteiger partial charge in [0, 0.05) is 18.0 Å². The number of carboxylic acids is 1. The quantitative estimate of drug-likeness (QED) is 0.690. The maximum absolute atomic E-state index is 11.3. The summed E-state index contributed by atoms with van der Waals surface area (Å²) in [5.74, 6) is -1.38. The van der Waals surface area contributed by atoms with E-state index in [2.05, 4.69) is 5.32 Å². The van der Waals surface area contributed by atoms with Gasteiger partial charge in [-0.15, -0.1) is 0 Å². The van der Waals surface area contributed by atoms with E-state index in [0.29, 0.717) is 5.56 Å². The van der Waals surface area contributed by atoms with E-state index >= 15 is 0 Å². The van der Waals surface area contributed by atoms with Crippen molar-refractivity contribution in [3.05, 3.63) is 35.4 Å². The number of hydrogen-bond donors (Lipinski definition) is 1. The van der Waals surface area contributed by atoms with Crippen LogP contribution >= 0.6 is 0 Å². The highest BCUT2D eigenvalue weighted by atomic mass is 16.4. The predicted octanol–water partition coefficient (Wildman–Crippen LogP) is -0.389. The number of rotatable bonds is 2. The summed E-state index contributed by atoms with van der Waals surface area (Å²) in [6.07, 6.45) is -0.178. The fourth-order valence-electron chi connectivity index (χ4n) is 1.65. The molecule has 0 aliphatic carbocycles. The molecule has 72 valence electrons. The zero-order valence-corrected chi connectivity index (χ0v) is 7.32. The first-order valence-electron chi connectivity index (χ1n) is 4.28. The van der Waals surface area contributed by atoms with Gasteiger partial charge in [-0.2, -0.15) is 0 Å². The lowest BCUT2D eigenvalue weighted by atomic mass is 10.0. The van der Waals surface area contributed by atoms with Crippen molar-refractivity contribution in [2.75, 3.05) is 0 Å². The largest absolute Gasteiger partial charge is 0.550 e. The number of benzene rings is 1. The molecule has 0 aromatic heterocycles. The van der Waals surface area contributed by atoms with Crippen LogP contribution in [0.4, 0.5) is 0 Å². The van der Waals surface area contributed by atoms with Gasteiger partial charge in [0.25, 0.3) is 5.91 Å². The highest BCUT2D eigenvalue weighted by Crippen LogP contribution is 2.26. The number of hydrogen-bond acceptors (Lipinski definition) is 3. The molecule has 1 aliphatic rings. The van der Waals surface area contributed by atoms with E-state index in [1.165, 1.54) is 0 Å². The number of carbonyl (C=O) groups is 2. The van der Waals surface area contributed by atoms with Crippen molar-refractivity contribution in [2.24, 2.45) is 0 Å². The van der Waals surface area contributed by atoms with Gasteiger partial charge in [-0.1, -0.05) is 18.2 Å². The molecular weight excluding hydrogens is 182 g/mol. The van der Waals surface area contributed by atoms with E-state index in [4.69, 9.17) is 0 Å². The molecule has 1 atom stereocenters. The van der Waals surface area contributed by atoms with Crippen LogP contribution in [0.5, 0.6) is 0 Å². The predicted molar refractivity (Wildman–Crippen MR) is 46.3 cm³/mol. The second-order valence-corrected chi connectivity index (χ2v) is 3.19. The molecule has 1 aliphatic heterocycles. The van der Waals surface area contributed by atoms with E-state index in [0.717, 1.165) is 5.56 Å². The Balaban J connectivity index is 2.34. The third kappa shape index (κ3) is 1.35. The first-order chi connectivity index (χ1) is 6.68. The molecule has 0 radical (unpaired) electrons. The lowest BCUT2D eigenvalue weighted by Crippen LogP contribution is -2.29. The van der Waals surface area contributed by atoms with Crippen molar-refractivity contribution in [2.45, 2.75) is 12.5 Å². The molecule has 1 aromatic rings. The van der Waals surface area contributed by atoms with E-state index in [1.807, 2.05) is 0 Å². The second kappa shape index (κ2) is 3.14. The molecule has 0 spiro atoms.